The van der Waals surface area contributed by atoms with Crippen molar-refractivity contribution in [2.75, 3.05) is 13.7 Å². The second kappa shape index (κ2) is 7.11. The van der Waals surface area contributed by atoms with Crippen molar-refractivity contribution < 1.29 is 9.47 Å². The molecule has 0 saturated carbocycles. The van der Waals surface area contributed by atoms with Crippen molar-refractivity contribution >= 4 is 11.3 Å². The molecule has 4 nitrogen and oxygen atoms in total. The summed E-state index contributed by atoms with van der Waals surface area (Å²) < 4.78 is 11.2. The first kappa shape index (κ1) is 13.8. The molecule has 0 spiro atoms. The zero-order valence-corrected chi connectivity index (χ0v) is 12.0. The number of hydrogen-bond acceptors (Lipinski definition) is 5. The van der Waals surface area contributed by atoms with E-state index in [0.29, 0.717) is 6.61 Å². The summed E-state index contributed by atoms with van der Waals surface area (Å²) >= 11 is 1.59. The fraction of sp³-hybridized carbons (Fsp3) is 0.357. The average molecular weight is 278 g/mol. The number of para-hydroxylation sites is 1. The van der Waals surface area contributed by atoms with Gasteiger partial charge in [0, 0.05) is 23.7 Å². The Labute approximate surface area is 117 Å². The van der Waals surface area contributed by atoms with Gasteiger partial charge in [-0.1, -0.05) is 19.1 Å². The fourth-order valence-corrected chi connectivity index (χ4v) is 2.27. The molecule has 0 amide bonds. The average Bonchev–Trinajstić information content (AvgIpc) is 2.96. The van der Waals surface area contributed by atoms with Gasteiger partial charge in [0.05, 0.1) is 7.11 Å². The second-order valence-corrected chi connectivity index (χ2v) is 4.92. The number of hydrogen-bond donors (Lipinski definition) is 1. The van der Waals surface area contributed by atoms with E-state index in [1.807, 2.05) is 23.6 Å². The molecule has 0 aliphatic rings. The minimum absolute atomic E-state index is 0.469. The molecule has 0 unspecified atom stereocenters. The standard InChI is InChI=1S/C14H18N2O2S/c1-3-15-9-11-5-4-6-12(17-2)14(11)18-10-13-16-7-8-19-13/h4-8,15H,3,9-10H2,1-2H3. The van der Waals surface area contributed by atoms with E-state index in [9.17, 15) is 0 Å². The summed E-state index contributed by atoms with van der Waals surface area (Å²) in [4.78, 5) is 4.22. The highest BCUT2D eigenvalue weighted by Gasteiger charge is 2.11. The van der Waals surface area contributed by atoms with Crippen molar-refractivity contribution in [3.05, 3.63) is 40.3 Å². The summed E-state index contributed by atoms with van der Waals surface area (Å²) in [7, 11) is 1.66. The lowest BCUT2D eigenvalue weighted by atomic mass is 10.2. The Hall–Kier alpha value is -1.59. The lowest BCUT2D eigenvalue weighted by molar-refractivity contribution is 0.280. The Balaban J connectivity index is 2.14. The van der Waals surface area contributed by atoms with Crippen LogP contribution in [0.1, 0.15) is 17.5 Å². The monoisotopic (exact) mass is 278 g/mol. The number of benzene rings is 1. The number of methoxy groups -OCH3 is 1. The molecule has 0 fully saturated rings. The maximum absolute atomic E-state index is 5.88. The predicted molar refractivity (Wildman–Crippen MR) is 76.8 cm³/mol. The van der Waals surface area contributed by atoms with Crippen molar-refractivity contribution in [2.24, 2.45) is 0 Å². The Kier molecular flexibility index (Phi) is 5.18. The smallest absolute Gasteiger partial charge is 0.166 e. The Bertz CT molecular complexity index is 500. The number of nitrogens with zero attached hydrogens (tertiary/aromatic N) is 1. The van der Waals surface area contributed by atoms with Gasteiger partial charge in [-0.3, -0.25) is 0 Å². The van der Waals surface area contributed by atoms with Gasteiger partial charge in [-0.05, 0) is 12.6 Å². The van der Waals surface area contributed by atoms with Crippen molar-refractivity contribution in [1.29, 1.82) is 0 Å². The topological polar surface area (TPSA) is 43.4 Å². The summed E-state index contributed by atoms with van der Waals surface area (Å²) in [6.07, 6.45) is 1.78. The van der Waals surface area contributed by atoms with E-state index < -0.39 is 0 Å². The third-order valence-electron chi connectivity index (χ3n) is 2.67. The van der Waals surface area contributed by atoms with E-state index in [4.69, 9.17) is 9.47 Å². The normalized spacial score (nSPS) is 10.4. The molecule has 1 heterocycles. The lowest BCUT2D eigenvalue weighted by Crippen LogP contribution is -2.13. The molecule has 102 valence electrons. The van der Waals surface area contributed by atoms with Crippen LogP contribution in [0.2, 0.25) is 0 Å². The van der Waals surface area contributed by atoms with Gasteiger partial charge in [-0.25, -0.2) is 4.98 Å². The van der Waals surface area contributed by atoms with Gasteiger partial charge < -0.3 is 14.8 Å². The molecule has 0 atom stereocenters. The minimum Gasteiger partial charge on any atom is -0.493 e. The van der Waals surface area contributed by atoms with E-state index in [1.54, 1.807) is 24.6 Å². The molecule has 1 N–H and O–H groups in total. The van der Waals surface area contributed by atoms with Crippen LogP contribution in [-0.2, 0) is 13.2 Å². The highest BCUT2D eigenvalue weighted by molar-refractivity contribution is 7.09. The van der Waals surface area contributed by atoms with Crippen molar-refractivity contribution in [2.45, 2.75) is 20.1 Å². The molecule has 5 heteroatoms. The van der Waals surface area contributed by atoms with Crippen LogP contribution in [0.5, 0.6) is 11.5 Å². The lowest BCUT2D eigenvalue weighted by Gasteiger charge is -2.14. The van der Waals surface area contributed by atoms with E-state index >= 15 is 0 Å². The fourth-order valence-electron chi connectivity index (χ4n) is 1.74. The summed E-state index contributed by atoms with van der Waals surface area (Å²) in [5, 5.41) is 6.20. The summed E-state index contributed by atoms with van der Waals surface area (Å²) in [6, 6.07) is 5.93. The molecule has 0 saturated heterocycles. The molecule has 0 bridgehead atoms. The van der Waals surface area contributed by atoms with Gasteiger partial charge in [0.15, 0.2) is 11.5 Å². The third kappa shape index (κ3) is 3.68. The van der Waals surface area contributed by atoms with Crippen LogP contribution in [0, 0.1) is 0 Å². The highest BCUT2D eigenvalue weighted by atomic mass is 32.1. The van der Waals surface area contributed by atoms with Crippen LogP contribution in [0.4, 0.5) is 0 Å². The first-order chi connectivity index (χ1) is 9.35. The predicted octanol–water partition coefficient (Wildman–Crippen LogP) is 2.84. The van der Waals surface area contributed by atoms with Gasteiger partial charge in [0.2, 0.25) is 0 Å². The first-order valence-electron chi connectivity index (χ1n) is 6.23. The van der Waals surface area contributed by atoms with E-state index in [-0.39, 0.29) is 0 Å². The molecule has 0 aliphatic heterocycles. The van der Waals surface area contributed by atoms with Crippen molar-refractivity contribution in [3.8, 4) is 11.5 Å². The third-order valence-corrected chi connectivity index (χ3v) is 3.42. The largest absolute Gasteiger partial charge is 0.493 e. The van der Waals surface area contributed by atoms with Gasteiger partial charge >= 0.3 is 0 Å². The van der Waals surface area contributed by atoms with Crippen molar-refractivity contribution in [1.82, 2.24) is 10.3 Å². The van der Waals surface area contributed by atoms with E-state index in [2.05, 4.69) is 17.2 Å². The summed E-state index contributed by atoms with van der Waals surface area (Å²) in [5.41, 5.74) is 1.10. The van der Waals surface area contributed by atoms with Crippen LogP contribution in [0.25, 0.3) is 0 Å². The van der Waals surface area contributed by atoms with Gasteiger partial charge in [-0.15, -0.1) is 11.3 Å². The molecule has 0 radical (unpaired) electrons. The van der Waals surface area contributed by atoms with Gasteiger partial charge in [0.1, 0.15) is 11.6 Å². The Morgan fingerprint density at radius 3 is 2.95 bits per heavy atom. The molecule has 19 heavy (non-hydrogen) atoms. The summed E-state index contributed by atoms with van der Waals surface area (Å²) in [5.74, 6) is 1.55. The molecular formula is C14H18N2O2S. The highest BCUT2D eigenvalue weighted by Crippen LogP contribution is 2.31. The Morgan fingerprint density at radius 2 is 2.26 bits per heavy atom. The Morgan fingerprint density at radius 1 is 1.37 bits per heavy atom. The van der Waals surface area contributed by atoms with Crippen LogP contribution >= 0.6 is 11.3 Å². The molecule has 2 rings (SSSR count). The zero-order chi connectivity index (χ0) is 13.5. The first-order valence-corrected chi connectivity index (χ1v) is 7.11. The van der Waals surface area contributed by atoms with E-state index in [1.165, 1.54) is 0 Å². The maximum Gasteiger partial charge on any atom is 0.166 e. The minimum atomic E-state index is 0.469. The zero-order valence-electron chi connectivity index (χ0n) is 11.2. The van der Waals surface area contributed by atoms with Crippen LogP contribution in [-0.4, -0.2) is 18.6 Å². The van der Waals surface area contributed by atoms with E-state index in [0.717, 1.165) is 35.2 Å². The number of nitrogens with one attached hydrogen (secondary N) is 1. The number of aromatic nitrogens is 1. The van der Waals surface area contributed by atoms with Crippen LogP contribution < -0.4 is 14.8 Å². The maximum atomic E-state index is 5.88. The second-order valence-electron chi connectivity index (χ2n) is 3.94. The number of rotatable bonds is 7. The SMILES string of the molecule is CCNCc1cccc(OC)c1OCc1nccs1. The molecular weight excluding hydrogens is 260 g/mol. The molecule has 1 aromatic heterocycles. The number of thiazole rings is 1. The summed E-state index contributed by atoms with van der Waals surface area (Å²) in [6.45, 7) is 4.23. The molecule has 2 aromatic rings. The molecule has 0 aliphatic carbocycles. The van der Waals surface area contributed by atoms with Crippen LogP contribution in [0.3, 0.4) is 0 Å². The van der Waals surface area contributed by atoms with Crippen molar-refractivity contribution in [3.63, 3.8) is 0 Å². The van der Waals surface area contributed by atoms with Crippen LogP contribution in [0.15, 0.2) is 29.8 Å². The molecule has 1 aromatic carbocycles. The number of ether oxygens (including phenoxy) is 2. The van der Waals surface area contributed by atoms with Gasteiger partial charge in [0.25, 0.3) is 0 Å². The van der Waals surface area contributed by atoms with Gasteiger partial charge in [-0.2, -0.15) is 0 Å². The quantitative estimate of drug-likeness (QED) is 0.846.